The minimum Gasteiger partial charge on any atom is -0.384 e. The molecule has 21 heavy (non-hydrogen) atoms. The Labute approximate surface area is 129 Å². The Bertz CT molecular complexity index is 471. The SMILES string of the molecule is COC(C)(C)Cc1nc(C2CCCCC2)n(C(C)C)c1N. The van der Waals surface area contributed by atoms with Gasteiger partial charge in [-0.1, -0.05) is 19.3 Å². The van der Waals surface area contributed by atoms with E-state index in [1.807, 2.05) is 0 Å². The number of hydrogen-bond acceptors (Lipinski definition) is 3. The summed E-state index contributed by atoms with van der Waals surface area (Å²) < 4.78 is 7.79. The maximum Gasteiger partial charge on any atom is 0.127 e. The predicted octanol–water partition coefficient (Wildman–Crippen LogP) is 4.06. The first kappa shape index (κ1) is 16.3. The third-order valence-electron chi connectivity index (χ3n) is 4.68. The Morgan fingerprint density at radius 1 is 1.29 bits per heavy atom. The van der Waals surface area contributed by atoms with Crippen molar-refractivity contribution in [3.8, 4) is 0 Å². The molecule has 0 unspecified atom stereocenters. The fraction of sp³-hybridized carbons (Fsp3) is 0.824. The number of hydrogen-bond donors (Lipinski definition) is 1. The van der Waals surface area contributed by atoms with Crippen molar-refractivity contribution in [2.75, 3.05) is 12.8 Å². The molecule has 0 amide bonds. The van der Waals surface area contributed by atoms with E-state index in [4.69, 9.17) is 15.5 Å². The minimum absolute atomic E-state index is 0.228. The smallest absolute Gasteiger partial charge is 0.127 e. The Balaban J connectivity index is 2.35. The second kappa shape index (κ2) is 6.39. The van der Waals surface area contributed by atoms with Gasteiger partial charge < -0.3 is 15.0 Å². The topological polar surface area (TPSA) is 53.1 Å². The van der Waals surface area contributed by atoms with E-state index < -0.39 is 0 Å². The summed E-state index contributed by atoms with van der Waals surface area (Å²) in [7, 11) is 1.75. The molecule has 0 spiro atoms. The van der Waals surface area contributed by atoms with Crippen LogP contribution in [0.4, 0.5) is 5.82 Å². The van der Waals surface area contributed by atoms with Crippen LogP contribution >= 0.6 is 0 Å². The quantitative estimate of drug-likeness (QED) is 0.890. The number of nitrogen functional groups attached to an aromatic ring is 1. The van der Waals surface area contributed by atoms with E-state index in [1.165, 1.54) is 37.9 Å². The van der Waals surface area contributed by atoms with Crippen molar-refractivity contribution in [2.24, 2.45) is 0 Å². The summed E-state index contributed by atoms with van der Waals surface area (Å²) >= 11 is 0. The van der Waals surface area contributed by atoms with Gasteiger partial charge in [0.1, 0.15) is 11.6 Å². The third kappa shape index (κ3) is 3.60. The maximum atomic E-state index is 6.42. The molecule has 0 saturated heterocycles. The van der Waals surface area contributed by atoms with E-state index in [1.54, 1.807) is 7.11 Å². The molecular weight excluding hydrogens is 262 g/mol. The van der Waals surface area contributed by atoms with Crippen LogP contribution < -0.4 is 5.73 Å². The predicted molar refractivity (Wildman–Crippen MR) is 87.6 cm³/mol. The molecule has 4 nitrogen and oxygen atoms in total. The van der Waals surface area contributed by atoms with Crippen LogP contribution in [0.3, 0.4) is 0 Å². The van der Waals surface area contributed by atoms with Gasteiger partial charge in [0.25, 0.3) is 0 Å². The normalized spacial score (nSPS) is 17.6. The zero-order valence-corrected chi connectivity index (χ0v) is 14.3. The highest BCUT2D eigenvalue weighted by atomic mass is 16.5. The van der Waals surface area contributed by atoms with Gasteiger partial charge >= 0.3 is 0 Å². The maximum absolute atomic E-state index is 6.42. The summed E-state index contributed by atoms with van der Waals surface area (Å²) in [5.41, 5.74) is 7.19. The first-order valence-corrected chi connectivity index (χ1v) is 8.27. The lowest BCUT2D eigenvalue weighted by Crippen LogP contribution is -2.26. The highest BCUT2D eigenvalue weighted by Crippen LogP contribution is 2.36. The van der Waals surface area contributed by atoms with Crippen molar-refractivity contribution in [2.45, 2.75) is 83.8 Å². The summed E-state index contributed by atoms with van der Waals surface area (Å²) in [5, 5.41) is 0. The number of nitrogens with two attached hydrogens (primary N) is 1. The lowest BCUT2D eigenvalue weighted by molar-refractivity contribution is 0.0226. The Kier molecular flexibility index (Phi) is 4.97. The molecule has 1 aliphatic carbocycles. The largest absolute Gasteiger partial charge is 0.384 e. The van der Waals surface area contributed by atoms with E-state index in [0.29, 0.717) is 12.0 Å². The van der Waals surface area contributed by atoms with Gasteiger partial charge in [-0.25, -0.2) is 4.98 Å². The number of imidazole rings is 1. The molecule has 0 bridgehead atoms. The molecule has 0 radical (unpaired) electrons. The highest BCUT2D eigenvalue weighted by Gasteiger charge is 2.28. The van der Waals surface area contributed by atoms with E-state index in [2.05, 4.69) is 32.3 Å². The van der Waals surface area contributed by atoms with E-state index in [9.17, 15) is 0 Å². The summed E-state index contributed by atoms with van der Waals surface area (Å²) in [4.78, 5) is 4.95. The Morgan fingerprint density at radius 3 is 2.43 bits per heavy atom. The average Bonchev–Trinajstić information content (AvgIpc) is 2.76. The second-order valence-electron chi connectivity index (χ2n) is 7.24. The number of ether oxygens (including phenoxy) is 1. The van der Waals surface area contributed by atoms with Crippen LogP contribution in [0.1, 0.15) is 83.3 Å². The Hall–Kier alpha value is -1.03. The minimum atomic E-state index is -0.228. The zero-order valence-electron chi connectivity index (χ0n) is 14.3. The standard InChI is InChI=1S/C17H31N3O/c1-12(2)20-15(18)14(11-17(3,4)21-5)19-16(20)13-9-7-6-8-10-13/h12-13H,6-11,18H2,1-5H3. The number of nitrogens with zero attached hydrogens (tertiary/aromatic N) is 2. The number of anilines is 1. The molecule has 120 valence electrons. The van der Waals surface area contributed by atoms with E-state index >= 15 is 0 Å². The Morgan fingerprint density at radius 2 is 1.90 bits per heavy atom. The summed E-state index contributed by atoms with van der Waals surface area (Å²) in [5.74, 6) is 2.60. The molecule has 0 aromatic carbocycles. The summed E-state index contributed by atoms with van der Waals surface area (Å²) in [6.45, 7) is 8.55. The van der Waals surface area contributed by atoms with Gasteiger partial charge in [-0.05, 0) is 40.5 Å². The molecule has 1 aromatic heterocycles. The van der Waals surface area contributed by atoms with Crippen LogP contribution in [0.15, 0.2) is 0 Å². The van der Waals surface area contributed by atoms with Crippen LogP contribution in [0.5, 0.6) is 0 Å². The average molecular weight is 293 g/mol. The zero-order chi connectivity index (χ0) is 15.6. The van der Waals surface area contributed by atoms with Crippen molar-refractivity contribution in [1.82, 2.24) is 9.55 Å². The first-order valence-electron chi connectivity index (χ1n) is 8.27. The lowest BCUT2D eigenvalue weighted by Gasteiger charge is -2.24. The van der Waals surface area contributed by atoms with Gasteiger partial charge in [0, 0.05) is 25.5 Å². The van der Waals surface area contributed by atoms with Crippen LogP contribution in [-0.4, -0.2) is 22.3 Å². The van der Waals surface area contributed by atoms with Gasteiger partial charge in [-0.3, -0.25) is 0 Å². The number of rotatable bonds is 5. The van der Waals surface area contributed by atoms with E-state index in [0.717, 1.165) is 17.9 Å². The summed E-state index contributed by atoms with van der Waals surface area (Å²) in [6, 6.07) is 0.355. The fourth-order valence-corrected chi connectivity index (χ4v) is 3.31. The molecule has 2 N–H and O–H groups in total. The van der Waals surface area contributed by atoms with Crippen LogP contribution in [0, 0.1) is 0 Å². The highest BCUT2D eigenvalue weighted by molar-refractivity contribution is 5.40. The van der Waals surface area contributed by atoms with Gasteiger partial charge in [-0.2, -0.15) is 0 Å². The molecule has 0 atom stereocenters. The monoisotopic (exact) mass is 293 g/mol. The van der Waals surface area contributed by atoms with Crippen molar-refractivity contribution < 1.29 is 4.74 Å². The number of methoxy groups -OCH3 is 1. The molecule has 1 fully saturated rings. The van der Waals surface area contributed by atoms with Gasteiger partial charge in [-0.15, -0.1) is 0 Å². The van der Waals surface area contributed by atoms with Gasteiger partial charge in [0.05, 0.1) is 11.3 Å². The number of aromatic nitrogens is 2. The molecule has 2 rings (SSSR count). The van der Waals surface area contributed by atoms with E-state index in [-0.39, 0.29) is 5.60 Å². The van der Waals surface area contributed by atoms with Crippen molar-refractivity contribution >= 4 is 5.82 Å². The first-order chi connectivity index (χ1) is 9.85. The molecule has 1 heterocycles. The molecular formula is C17H31N3O. The van der Waals surface area contributed by atoms with Crippen LogP contribution in [0.2, 0.25) is 0 Å². The third-order valence-corrected chi connectivity index (χ3v) is 4.68. The fourth-order valence-electron chi connectivity index (χ4n) is 3.31. The molecule has 1 aromatic rings. The van der Waals surface area contributed by atoms with Crippen molar-refractivity contribution in [3.05, 3.63) is 11.5 Å². The molecule has 4 heteroatoms. The molecule has 1 aliphatic rings. The molecule has 1 saturated carbocycles. The molecule has 0 aliphatic heterocycles. The van der Waals surface area contributed by atoms with Gasteiger partial charge in [0.2, 0.25) is 0 Å². The summed E-state index contributed by atoms with van der Waals surface area (Å²) in [6.07, 6.45) is 7.24. The van der Waals surface area contributed by atoms with Crippen molar-refractivity contribution in [1.29, 1.82) is 0 Å². The second-order valence-corrected chi connectivity index (χ2v) is 7.24. The van der Waals surface area contributed by atoms with Crippen LogP contribution in [0.25, 0.3) is 0 Å². The lowest BCUT2D eigenvalue weighted by atomic mass is 9.88. The van der Waals surface area contributed by atoms with Crippen molar-refractivity contribution in [3.63, 3.8) is 0 Å². The van der Waals surface area contributed by atoms with Crippen LogP contribution in [-0.2, 0) is 11.2 Å². The van der Waals surface area contributed by atoms with Gasteiger partial charge in [0.15, 0.2) is 0 Å².